The van der Waals surface area contributed by atoms with Crippen LogP contribution >= 0.6 is 0 Å². The van der Waals surface area contributed by atoms with Crippen LogP contribution in [0, 0.1) is 0 Å². The Kier molecular flexibility index (Phi) is 14.5. The molecular formula is C7H16O3Y. The number of hydrogen-bond donors (Lipinski definition) is 1. The normalized spacial score (nSPS) is 12.3. The number of hydrogen-bond acceptors (Lipinski definition) is 3. The molecule has 0 aromatic carbocycles. The predicted octanol–water partition coefficient (Wildman–Crippen LogP) is 0.418. The molecule has 65 valence electrons. The summed E-state index contributed by atoms with van der Waals surface area (Å²) in [6.45, 7) is 5.63. The van der Waals surface area contributed by atoms with Gasteiger partial charge in [-0.25, -0.2) is 0 Å². The van der Waals surface area contributed by atoms with Crippen molar-refractivity contribution in [2.45, 2.75) is 20.0 Å². The molecular weight excluding hydrogens is 221 g/mol. The summed E-state index contributed by atoms with van der Waals surface area (Å²) in [5.41, 5.74) is 0. The summed E-state index contributed by atoms with van der Waals surface area (Å²) in [6.07, 6.45) is -0.148. The molecule has 0 saturated carbocycles. The van der Waals surface area contributed by atoms with Gasteiger partial charge >= 0.3 is 0 Å². The van der Waals surface area contributed by atoms with Crippen LogP contribution in [-0.2, 0) is 42.2 Å². The molecule has 0 bridgehead atoms. The van der Waals surface area contributed by atoms with E-state index in [0.717, 1.165) is 0 Å². The van der Waals surface area contributed by atoms with Crippen LogP contribution in [0.2, 0.25) is 0 Å². The third-order valence-electron chi connectivity index (χ3n) is 1.11. The van der Waals surface area contributed by atoms with E-state index >= 15 is 0 Å². The van der Waals surface area contributed by atoms with Crippen molar-refractivity contribution in [1.29, 1.82) is 0 Å². The van der Waals surface area contributed by atoms with Crippen LogP contribution in [0.3, 0.4) is 0 Å². The first-order chi connectivity index (χ1) is 4.85. The van der Waals surface area contributed by atoms with Crippen molar-refractivity contribution in [3.05, 3.63) is 0 Å². The minimum Gasteiger partial charge on any atom is -0.394 e. The largest absolute Gasteiger partial charge is 0.394 e. The third-order valence-corrected chi connectivity index (χ3v) is 1.11. The molecule has 0 spiro atoms. The molecule has 1 radical (unpaired) electrons. The van der Waals surface area contributed by atoms with Crippen LogP contribution < -0.4 is 0 Å². The van der Waals surface area contributed by atoms with Crippen LogP contribution in [0.25, 0.3) is 0 Å². The Balaban J connectivity index is 0. The summed E-state index contributed by atoms with van der Waals surface area (Å²) < 4.78 is 10.2. The van der Waals surface area contributed by atoms with E-state index < -0.39 is 0 Å². The SMILES string of the molecule is CCOCC(CO)OCC.[Y]. The van der Waals surface area contributed by atoms with Gasteiger partial charge in [-0.3, -0.25) is 0 Å². The second kappa shape index (κ2) is 11.0. The Bertz CT molecular complexity index is 70.7. The van der Waals surface area contributed by atoms with Gasteiger partial charge in [0.15, 0.2) is 0 Å². The van der Waals surface area contributed by atoms with Gasteiger partial charge in [0, 0.05) is 45.9 Å². The molecule has 0 amide bonds. The van der Waals surface area contributed by atoms with Crippen LogP contribution in [0.5, 0.6) is 0 Å². The first-order valence-corrected chi connectivity index (χ1v) is 3.65. The van der Waals surface area contributed by atoms with Gasteiger partial charge in [-0.05, 0) is 13.8 Å². The number of ether oxygens (including phenoxy) is 2. The Morgan fingerprint density at radius 3 is 2.27 bits per heavy atom. The molecule has 0 fully saturated rings. The van der Waals surface area contributed by atoms with Crippen LogP contribution in [-0.4, -0.2) is 37.6 Å². The fourth-order valence-electron chi connectivity index (χ4n) is 0.639. The fourth-order valence-corrected chi connectivity index (χ4v) is 0.639. The van der Waals surface area contributed by atoms with E-state index in [1.807, 2.05) is 13.8 Å². The zero-order chi connectivity index (χ0) is 7.82. The molecule has 0 rings (SSSR count). The molecule has 0 heterocycles. The zero-order valence-electron chi connectivity index (χ0n) is 7.25. The second-order valence-electron chi connectivity index (χ2n) is 1.92. The molecule has 0 aliphatic carbocycles. The Morgan fingerprint density at radius 1 is 1.27 bits per heavy atom. The van der Waals surface area contributed by atoms with Gasteiger partial charge in [-0.2, -0.15) is 0 Å². The molecule has 3 nitrogen and oxygen atoms in total. The fraction of sp³-hybridized carbons (Fsp3) is 1.00. The van der Waals surface area contributed by atoms with E-state index in [9.17, 15) is 0 Å². The van der Waals surface area contributed by atoms with Gasteiger partial charge in [0.05, 0.1) is 13.2 Å². The molecule has 0 aliphatic rings. The predicted molar refractivity (Wildman–Crippen MR) is 39.0 cm³/mol. The molecule has 0 aromatic heterocycles. The summed E-state index contributed by atoms with van der Waals surface area (Å²) in [4.78, 5) is 0. The van der Waals surface area contributed by atoms with Crippen molar-refractivity contribution in [2.24, 2.45) is 0 Å². The average Bonchev–Trinajstić information content (AvgIpc) is 1.98. The minimum absolute atomic E-state index is 0. The minimum atomic E-state index is -0.148. The van der Waals surface area contributed by atoms with Gasteiger partial charge in [0.25, 0.3) is 0 Å². The van der Waals surface area contributed by atoms with Crippen LogP contribution in [0.4, 0.5) is 0 Å². The summed E-state index contributed by atoms with van der Waals surface area (Å²) >= 11 is 0. The standard InChI is InChI=1S/C7H16O3.Y/c1-3-9-6-7(5-8)10-4-2;/h7-8H,3-6H2,1-2H3;. The maximum absolute atomic E-state index is 8.68. The van der Waals surface area contributed by atoms with E-state index in [0.29, 0.717) is 19.8 Å². The first-order valence-electron chi connectivity index (χ1n) is 3.65. The third kappa shape index (κ3) is 8.89. The van der Waals surface area contributed by atoms with Gasteiger partial charge in [-0.1, -0.05) is 0 Å². The van der Waals surface area contributed by atoms with E-state index in [2.05, 4.69) is 0 Å². The van der Waals surface area contributed by atoms with Gasteiger partial charge in [0.2, 0.25) is 0 Å². The number of aliphatic hydroxyl groups excluding tert-OH is 1. The Hall–Kier alpha value is 0.984. The molecule has 1 atom stereocenters. The van der Waals surface area contributed by atoms with E-state index in [-0.39, 0.29) is 45.4 Å². The van der Waals surface area contributed by atoms with Crippen LogP contribution in [0.1, 0.15) is 13.8 Å². The van der Waals surface area contributed by atoms with Crippen molar-refractivity contribution in [2.75, 3.05) is 26.4 Å². The Labute approximate surface area is 93.3 Å². The zero-order valence-corrected chi connectivity index (χ0v) is 10.1. The summed E-state index contributed by atoms with van der Waals surface area (Å²) in [5.74, 6) is 0. The van der Waals surface area contributed by atoms with Gasteiger partial charge < -0.3 is 14.6 Å². The van der Waals surface area contributed by atoms with Crippen molar-refractivity contribution >= 4 is 0 Å². The number of aliphatic hydroxyl groups is 1. The maximum Gasteiger partial charge on any atom is 0.104 e. The van der Waals surface area contributed by atoms with E-state index in [4.69, 9.17) is 14.6 Å². The molecule has 0 aliphatic heterocycles. The molecule has 4 heteroatoms. The van der Waals surface area contributed by atoms with Gasteiger partial charge in [-0.15, -0.1) is 0 Å². The number of rotatable bonds is 6. The first kappa shape index (κ1) is 14.5. The van der Waals surface area contributed by atoms with Crippen molar-refractivity contribution in [3.63, 3.8) is 0 Å². The Morgan fingerprint density at radius 2 is 1.91 bits per heavy atom. The molecule has 0 saturated heterocycles. The van der Waals surface area contributed by atoms with Crippen molar-refractivity contribution in [1.82, 2.24) is 0 Å². The maximum atomic E-state index is 8.68. The molecule has 1 unspecified atom stereocenters. The van der Waals surface area contributed by atoms with E-state index in [1.54, 1.807) is 0 Å². The van der Waals surface area contributed by atoms with Crippen LogP contribution in [0.15, 0.2) is 0 Å². The van der Waals surface area contributed by atoms with Gasteiger partial charge in [0.1, 0.15) is 6.10 Å². The quantitative estimate of drug-likeness (QED) is 0.727. The van der Waals surface area contributed by atoms with E-state index in [1.165, 1.54) is 0 Å². The topological polar surface area (TPSA) is 38.7 Å². The summed E-state index contributed by atoms with van der Waals surface area (Å²) in [6, 6.07) is 0. The second-order valence-corrected chi connectivity index (χ2v) is 1.92. The van der Waals surface area contributed by atoms with Crippen molar-refractivity contribution < 1.29 is 47.3 Å². The van der Waals surface area contributed by atoms with Crippen molar-refractivity contribution in [3.8, 4) is 0 Å². The summed E-state index contributed by atoms with van der Waals surface area (Å²) in [7, 11) is 0. The smallest absolute Gasteiger partial charge is 0.104 e. The summed E-state index contributed by atoms with van der Waals surface area (Å²) in [5, 5.41) is 8.68. The molecule has 11 heavy (non-hydrogen) atoms. The average molecular weight is 237 g/mol. The molecule has 1 N–H and O–H groups in total. The molecule has 0 aromatic rings. The monoisotopic (exact) mass is 237 g/mol.